The maximum atomic E-state index is 15.6. The third kappa shape index (κ3) is 70.8. The lowest BCUT2D eigenvalue weighted by atomic mass is 9.91. The first-order valence-corrected chi connectivity index (χ1v) is 52.3. The number of hydrogen-bond donors (Lipinski definition) is 0. The van der Waals surface area contributed by atoms with Crippen LogP contribution < -0.4 is 0 Å². The summed E-state index contributed by atoms with van der Waals surface area (Å²) in [5.74, 6) is 1.79. The Bertz CT molecular complexity index is 1880. The van der Waals surface area contributed by atoms with E-state index in [1.807, 2.05) is 9.80 Å². The highest BCUT2D eigenvalue weighted by Gasteiger charge is 2.36. The molecule has 0 unspecified atom stereocenters. The number of rotatable bonds is 92. The van der Waals surface area contributed by atoms with E-state index in [9.17, 15) is 19.2 Å². The van der Waals surface area contributed by atoms with Crippen molar-refractivity contribution in [3.63, 3.8) is 0 Å². The van der Waals surface area contributed by atoms with Gasteiger partial charge in [0.05, 0.1) is 26.4 Å². The summed E-state index contributed by atoms with van der Waals surface area (Å²) in [5, 5.41) is 0. The third-order valence-corrected chi connectivity index (χ3v) is 25.9. The van der Waals surface area contributed by atoms with Gasteiger partial charge in [-0.3, -0.25) is 28.8 Å². The maximum Gasteiger partial charge on any atom is 0.305 e. The fourth-order valence-corrected chi connectivity index (χ4v) is 18.1. The molecule has 1 fully saturated rings. The van der Waals surface area contributed by atoms with Gasteiger partial charge in [-0.1, -0.05) is 389 Å². The number of ether oxygens (including phenoxy) is 4. The second-order valence-electron chi connectivity index (χ2n) is 37.0. The minimum atomic E-state index is -0.785. The molecule has 690 valence electrons. The van der Waals surface area contributed by atoms with Crippen LogP contribution in [-0.2, 0) is 47.7 Å². The molecule has 0 N–H and O–H groups in total. The van der Waals surface area contributed by atoms with Gasteiger partial charge >= 0.3 is 23.9 Å². The highest BCUT2D eigenvalue weighted by molar-refractivity contribution is 6.00. The third-order valence-electron chi connectivity index (χ3n) is 25.9. The molecule has 0 spiro atoms. The molecule has 0 bridgehead atoms. The summed E-state index contributed by atoms with van der Waals surface area (Å²) in [5.41, 5.74) is 0. The van der Waals surface area contributed by atoms with Crippen LogP contribution in [0, 0.1) is 29.6 Å². The van der Waals surface area contributed by atoms with Crippen molar-refractivity contribution >= 4 is 35.7 Å². The van der Waals surface area contributed by atoms with Gasteiger partial charge in [0.2, 0.25) is 11.8 Å². The van der Waals surface area contributed by atoms with Crippen molar-refractivity contribution in [1.82, 2.24) is 14.7 Å². The van der Waals surface area contributed by atoms with E-state index in [1.54, 1.807) is 0 Å². The zero-order valence-electron chi connectivity index (χ0n) is 79.4. The molecular formula is C104H199N3O10. The number of carbonyl (C=O) groups is 6. The molecule has 1 rings (SSSR count). The van der Waals surface area contributed by atoms with Crippen LogP contribution >= 0.6 is 0 Å². The largest absolute Gasteiger partial charge is 0.466 e. The zero-order chi connectivity index (χ0) is 85.0. The molecule has 0 aromatic heterocycles. The Kier molecular flexibility index (Phi) is 82.5. The van der Waals surface area contributed by atoms with Crippen molar-refractivity contribution < 1.29 is 47.7 Å². The quantitative estimate of drug-likeness (QED) is 0.0248. The molecule has 1 heterocycles. The molecule has 117 heavy (non-hydrogen) atoms. The number of hydrogen-bond acceptors (Lipinski definition) is 11. The number of carbonyl (C=O) groups excluding carboxylic acids is 6. The molecule has 1 aliphatic rings. The highest BCUT2D eigenvalue weighted by atomic mass is 16.5. The SMILES string of the molecule is CCCCCCC(CCCCCC)CCCOC(=O)CCCCCCCN(CCCCCCCC(=O)OCCCC(CCCCCC)CCCCCC)C(=O)C(CN1CCCC1)C(=O)N(CCCCCCCC(=O)OCCCC(CCCCCC)CCCCCC)CCCCCCCC(=O)OCCCC(CCCCCC)CCCCCC. The van der Waals surface area contributed by atoms with Gasteiger partial charge in [-0.25, -0.2) is 0 Å². The Morgan fingerprint density at radius 2 is 0.410 bits per heavy atom. The number of unbranched alkanes of at least 4 members (excludes halogenated alkanes) is 40. The molecule has 0 aromatic rings. The zero-order valence-corrected chi connectivity index (χ0v) is 79.4. The van der Waals surface area contributed by atoms with E-state index in [2.05, 4.69) is 60.3 Å². The van der Waals surface area contributed by atoms with E-state index in [-0.39, 0.29) is 35.7 Å². The Morgan fingerprint density at radius 3 is 0.615 bits per heavy atom. The average molecular weight is 1650 g/mol. The number of amides is 2. The molecule has 0 aromatic carbocycles. The highest BCUT2D eigenvalue weighted by Crippen LogP contribution is 2.29. The van der Waals surface area contributed by atoms with Crippen LogP contribution in [0.15, 0.2) is 0 Å². The van der Waals surface area contributed by atoms with E-state index in [0.717, 1.165) is 229 Å². The van der Waals surface area contributed by atoms with Crippen LogP contribution in [0.4, 0.5) is 0 Å². The molecule has 0 radical (unpaired) electrons. The van der Waals surface area contributed by atoms with E-state index in [1.165, 1.54) is 257 Å². The Labute approximate surface area is 726 Å². The molecule has 2 amide bonds. The summed E-state index contributed by atoms with van der Waals surface area (Å²) < 4.78 is 23.2. The van der Waals surface area contributed by atoms with Gasteiger partial charge in [-0.2, -0.15) is 0 Å². The molecule has 1 aliphatic heterocycles. The van der Waals surface area contributed by atoms with Crippen molar-refractivity contribution in [3.8, 4) is 0 Å². The lowest BCUT2D eigenvalue weighted by molar-refractivity contribution is -0.149. The fraction of sp³-hybridized carbons (Fsp3) is 0.942. The van der Waals surface area contributed by atoms with Crippen molar-refractivity contribution in [2.75, 3.05) is 72.2 Å². The Hall–Kier alpha value is -3.22. The molecule has 1 saturated heterocycles. The summed E-state index contributed by atoms with van der Waals surface area (Å²) in [7, 11) is 0. The summed E-state index contributed by atoms with van der Waals surface area (Å²) in [4.78, 5) is 89.6. The first-order valence-electron chi connectivity index (χ1n) is 52.3. The molecular weight excluding hydrogens is 1450 g/mol. The smallest absolute Gasteiger partial charge is 0.305 e. The average Bonchev–Trinajstić information content (AvgIpc) is 1.78. The lowest BCUT2D eigenvalue weighted by Gasteiger charge is -2.33. The minimum Gasteiger partial charge on any atom is -0.466 e. The molecule has 13 heteroatoms. The predicted octanol–water partition coefficient (Wildman–Crippen LogP) is 30.2. The van der Waals surface area contributed by atoms with Crippen LogP contribution in [0.3, 0.4) is 0 Å². The van der Waals surface area contributed by atoms with Gasteiger partial charge in [0.15, 0.2) is 0 Å². The van der Waals surface area contributed by atoms with E-state index < -0.39 is 5.92 Å². The number of likely N-dealkylation sites (tertiary alicyclic amines) is 1. The standard InChI is InChI=1S/C104H199N3O10/c1-9-17-25-45-67-94(68-46-26-18-10-2)75-63-89-114-99(108)79-53-37-33-41-57-85-106(86-58-42-34-38-54-80-100(109)115-90-64-76-95(69-47-27-19-11-3)70-48-28-20-12-4)103(112)98(93-105-83-61-62-84-105)104(113)107(87-59-43-35-39-55-81-101(110)116-91-65-77-96(71-49-29-21-13-5)72-50-30-22-14-6)88-60-44-36-40-56-82-102(111)117-92-66-78-97(73-51-31-23-15-7)74-52-32-24-16-8/h94-98H,9-93H2,1-8H3. The van der Waals surface area contributed by atoms with Gasteiger partial charge in [0, 0.05) is 58.4 Å². The number of nitrogens with zero attached hydrogens (tertiary/aromatic N) is 3. The Balaban J connectivity index is 3.24. The van der Waals surface area contributed by atoms with Gasteiger partial charge < -0.3 is 33.6 Å². The molecule has 0 atom stereocenters. The normalized spacial score (nSPS) is 12.6. The van der Waals surface area contributed by atoms with Gasteiger partial charge in [0.1, 0.15) is 5.92 Å². The second kappa shape index (κ2) is 86.3. The monoisotopic (exact) mass is 1650 g/mol. The maximum absolute atomic E-state index is 15.6. The molecule has 0 aliphatic carbocycles. The van der Waals surface area contributed by atoms with Crippen LogP contribution in [0.2, 0.25) is 0 Å². The summed E-state index contributed by atoms with van der Waals surface area (Å²) in [6, 6.07) is 0. The van der Waals surface area contributed by atoms with Crippen molar-refractivity contribution in [1.29, 1.82) is 0 Å². The van der Waals surface area contributed by atoms with Gasteiger partial charge in [-0.15, -0.1) is 0 Å². The topological polar surface area (TPSA) is 149 Å². The van der Waals surface area contributed by atoms with Crippen molar-refractivity contribution in [2.45, 2.75) is 531 Å². The lowest BCUT2D eigenvalue weighted by Crippen LogP contribution is -2.50. The van der Waals surface area contributed by atoms with Crippen LogP contribution in [0.5, 0.6) is 0 Å². The fourth-order valence-electron chi connectivity index (χ4n) is 18.1. The second-order valence-corrected chi connectivity index (χ2v) is 37.0. The van der Waals surface area contributed by atoms with Gasteiger partial charge in [-0.05, 0) is 152 Å². The van der Waals surface area contributed by atoms with Crippen LogP contribution in [0.1, 0.15) is 531 Å². The number of esters is 4. The van der Waals surface area contributed by atoms with E-state index >= 15 is 9.59 Å². The molecule has 0 saturated carbocycles. The van der Waals surface area contributed by atoms with Crippen molar-refractivity contribution in [2.24, 2.45) is 29.6 Å². The summed E-state index contributed by atoms with van der Waals surface area (Å²) in [6.07, 6.45) is 82.6. The van der Waals surface area contributed by atoms with E-state index in [4.69, 9.17) is 18.9 Å². The minimum absolute atomic E-state index is 0.0333. The summed E-state index contributed by atoms with van der Waals surface area (Å²) >= 11 is 0. The van der Waals surface area contributed by atoms with E-state index in [0.29, 0.717) is 84.8 Å². The summed E-state index contributed by atoms with van der Waals surface area (Å²) in [6.45, 7) is 25.0. The predicted molar refractivity (Wildman–Crippen MR) is 498 cm³/mol. The first-order chi connectivity index (χ1) is 57.4. The van der Waals surface area contributed by atoms with Crippen LogP contribution in [0.25, 0.3) is 0 Å². The van der Waals surface area contributed by atoms with Crippen LogP contribution in [-0.4, -0.2) is 123 Å². The Morgan fingerprint density at radius 1 is 0.231 bits per heavy atom. The first kappa shape index (κ1) is 112. The van der Waals surface area contributed by atoms with Gasteiger partial charge in [0.25, 0.3) is 0 Å². The van der Waals surface area contributed by atoms with Crippen molar-refractivity contribution in [3.05, 3.63) is 0 Å². The molecule has 13 nitrogen and oxygen atoms in total.